The van der Waals surface area contributed by atoms with Crippen molar-refractivity contribution < 1.29 is 34.1 Å². The van der Waals surface area contributed by atoms with Gasteiger partial charge in [-0.25, -0.2) is 9.59 Å². The van der Waals surface area contributed by atoms with E-state index in [2.05, 4.69) is 29.6 Å². The lowest BCUT2D eigenvalue weighted by Gasteiger charge is -2.21. The second kappa shape index (κ2) is 10.7. The molecule has 4 rings (SSSR count). The zero-order valence-corrected chi connectivity index (χ0v) is 18.7. The molecule has 1 aliphatic heterocycles. The lowest BCUT2D eigenvalue weighted by molar-refractivity contribution is -0.148. The number of carboxylic acids is 1. The first kappa shape index (κ1) is 23.7. The highest BCUT2D eigenvalue weighted by Crippen LogP contribution is 2.44. The Morgan fingerprint density at radius 1 is 1.00 bits per heavy atom. The first-order valence-corrected chi connectivity index (χ1v) is 11.3. The molecular formula is C25H28N2O7. The topological polar surface area (TPSA) is 125 Å². The van der Waals surface area contributed by atoms with E-state index >= 15 is 0 Å². The Balaban J connectivity index is 1.15. The lowest BCUT2D eigenvalue weighted by Crippen LogP contribution is -2.41. The Morgan fingerprint density at radius 3 is 2.29 bits per heavy atom. The fourth-order valence-corrected chi connectivity index (χ4v) is 4.60. The highest BCUT2D eigenvalue weighted by atomic mass is 16.5. The second-order valence-corrected chi connectivity index (χ2v) is 8.40. The predicted octanol–water partition coefficient (Wildman–Crippen LogP) is 1.98. The number of likely N-dealkylation sites (tertiary alicyclic amines) is 1. The van der Waals surface area contributed by atoms with E-state index < -0.39 is 24.2 Å². The van der Waals surface area contributed by atoms with Gasteiger partial charge in [0.15, 0.2) is 0 Å². The van der Waals surface area contributed by atoms with Crippen molar-refractivity contribution in [2.45, 2.75) is 30.9 Å². The number of aliphatic hydroxyl groups excluding tert-OH is 1. The molecule has 0 unspecified atom stereocenters. The number of β-amino-alcohol motifs (C(OH)–C–C–N with tert-alkyl or cyclic N) is 1. The van der Waals surface area contributed by atoms with Crippen molar-refractivity contribution in [1.82, 2.24) is 10.2 Å². The molecule has 2 amide bonds. The van der Waals surface area contributed by atoms with Crippen LogP contribution in [0.4, 0.5) is 4.79 Å². The summed E-state index contributed by atoms with van der Waals surface area (Å²) in [6.45, 7) is 0.721. The third kappa shape index (κ3) is 5.21. The van der Waals surface area contributed by atoms with Crippen LogP contribution in [0, 0.1) is 0 Å². The van der Waals surface area contributed by atoms with E-state index in [4.69, 9.17) is 14.6 Å². The van der Waals surface area contributed by atoms with E-state index in [1.54, 1.807) is 0 Å². The van der Waals surface area contributed by atoms with Gasteiger partial charge in [0.2, 0.25) is 5.91 Å². The summed E-state index contributed by atoms with van der Waals surface area (Å²) in [5.74, 6) is -1.52. The van der Waals surface area contributed by atoms with E-state index in [9.17, 15) is 19.5 Å². The molecular weight excluding hydrogens is 440 g/mol. The van der Waals surface area contributed by atoms with Gasteiger partial charge in [-0.2, -0.15) is 0 Å². The number of fused-ring (bicyclic) bond motifs is 3. The molecule has 2 atom stereocenters. The maximum atomic E-state index is 12.2. The molecule has 0 saturated carbocycles. The number of benzene rings is 2. The number of hydrogen-bond donors (Lipinski definition) is 3. The second-order valence-electron chi connectivity index (χ2n) is 8.40. The van der Waals surface area contributed by atoms with Crippen LogP contribution in [0.2, 0.25) is 0 Å². The number of alkyl carbamates (subject to hydrolysis) is 1. The van der Waals surface area contributed by atoms with Crippen molar-refractivity contribution in [2.24, 2.45) is 0 Å². The van der Waals surface area contributed by atoms with E-state index in [0.717, 1.165) is 22.3 Å². The number of rotatable bonds is 9. The molecule has 3 N–H and O–H groups in total. The standard InChI is InChI=1S/C25H28N2O7/c28-16-13-22(24(30)31)27(14-16)23(29)9-11-33-12-10-26-25(32)34-15-21-19-7-3-1-5-17(19)18-6-2-4-8-20(18)21/h1-8,16,21-22,28H,9-15H2,(H,26,32)(H,30,31)/t16-,22+/m1/s1. The van der Waals surface area contributed by atoms with Gasteiger partial charge in [-0.15, -0.1) is 0 Å². The number of nitrogens with zero attached hydrogens (tertiary/aromatic N) is 1. The van der Waals surface area contributed by atoms with E-state index in [0.29, 0.717) is 0 Å². The lowest BCUT2D eigenvalue weighted by atomic mass is 9.98. The Bertz CT molecular complexity index is 1010. The fourth-order valence-electron chi connectivity index (χ4n) is 4.60. The minimum Gasteiger partial charge on any atom is -0.480 e. The summed E-state index contributed by atoms with van der Waals surface area (Å²) in [5, 5.41) is 21.4. The SMILES string of the molecule is O=C(NCCOCCC(=O)N1C[C@H](O)C[C@H]1C(=O)O)OCC1c2ccccc2-c2ccccc21. The van der Waals surface area contributed by atoms with Crippen molar-refractivity contribution in [1.29, 1.82) is 0 Å². The number of nitrogens with one attached hydrogen (secondary N) is 1. The molecule has 1 heterocycles. The quantitative estimate of drug-likeness (QED) is 0.481. The van der Waals surface area contributed by atoms with Crippen molar-refractivity contribution in [3.8, 4) is 11.1 Å². The van der Waals surface area contributed by atoms with Crippen LogP contribution in [0.3, 0.4) is 0 Å². The van der Waals surface area contributed by atoms with Crippen LogP contribution in [0.1, 0.15) is 29.9 Å². The first-order chi connectivity index (χ1) is 16.5. The molecule has 180 valence electrons. The van der Waals surface area contributed by atoms with E-state index in [1.165, 1.54) is 4.90 Å². The maximum Gasteiger partial charge on any atom is 0.407 e. The summed E-state index contributed by atoms with van der Waals surface area (Å²) in [6.07, 6.45) is -1.34. The van der Waals surface area contributed by atoms with Gasteiger partial charge in [-0.05, 0) is 22.3 Å². The number of amides is 2. The van der Waals surface area contributed by atoms with E-state index in [1.807, 2.05) is 24.3 Å². The van der Waals surface area contributed by atoms with Crippen LogP contribution in [0.15, 0.2) is 48.5 Å². The van der Waals surface area contributed by atoms with Gasteiger partial charge in [0.25, 0.3) is 0 Å². The third-order valence-electron chi connectivity index (χ3n) is 6.20. The Hall–Kier alpha value is -3.43. The third-order valence-corrected chi connectivity index (χ3v) is 6.20. The van der Waals surface area contributed by atoms with E-state index in [-0.39, 0.29) is 57.6 Å². The number of carbonyl (C=O) groups excluding carboxylic acids is 2. The fraction of sp³-hybridized carbons (Fsp3) is 0.400. The zero-order valence-electron chi connectivity index (χ0n) is 18.7. The van der Waals surface area contributed by atoms with Crippen LogP contribution in [-0.2, 0) is 19.1 Å². The molecule has 2 aromatic carbocycles. The van der Waals surface area contributed by atoms with Gasteiger partial charge in [-0.1, -0.05) is 48.5 Å². The highest BCUT2D eigenvalue weighted by Gasteiger charge is 2.38. The Labute approximate surface area is 197 Å². The van der Waals surface area contributed by atoms with Crippen LogP contribution < -0.4 is 5.32 Å². The molecule has 1 saturated heterocycles. The number of carbonyl (C=O) groups is 3. The van der Waals surface area contributed by atoms with Gasteiger partial charge in [0, 0.05) is 25.4 Å². The number of aliphatic carboxylic acids is 1. The van der Waals surface area contributed by atoms with Crippen LogP contribution >= 0.6 is 0 Å². The number of aliphatic hydroxyl groups is 1. The summed E-state index contributed by atoms with van der Waals surface area (Å²) in [5.41, 5.74) is 4.60. The monoisotopic (exact) mass is 468 g/mol. The average Bonchev–Trinajstić information content (AvgIpc) is 3.38. The molecule has 0 radical (unpaired) electrons. The molecule has 9 nitrogen and oxygen atoms in total. The zero-order chi connectivity index (χ0) is 24.1. The van der Waals surface area contributed by atoms with Gasteiger partial charge >= 0.3 is 12.1 Å². The Morgan fingerprint density at radius 2 is 1.65 bits per heavy atom. The summed E-state index contributed by atoms with van der Waals surface area (Å²) in [7, 11) is 0. The summed E-state index contributed by atoms with van der Waals surface area (Å²) < 4.78 is 10.8. The smallest absolute Gasteiger partial charge is 0.407 e. The van der Waals surface area contributed by atoms with Crippen LogP contribution in [0.5, 0.6) is 0 Å². The molecule has 0 aromatic heterocycles. The van der Waals surface area contributed by atoms with Gasteiger partial charge in [-0.3, -0.25) is 4.79 Å². The number of carboxylic acid groups (broad SMARTS) is 1. The van der Waals surface area contributed by atoms with Crippen molar-refractivity contribution in [3.63, 3.8) is 0 Å². The van der Waals surface area contributed by atoms with Gasteiger partial charge in [0.1, 0.15) is 12.6 Å². The molecule has 1 fully saturated rings. The molecule has 0 spiro atoms. The van der Waals surface area contributed by atoms with Gasteiger partial charge < -0.3 is 29.9 Å². The normalized spacial score (nSPS) is 18.9. The molecule has 1 aliphatic carbocycles. The van der Waals surface area contributed by atoms with Crippen molar-refractivity contribution in [3.05, 3.63) is 59.7 Å². The maximum absolute atomic E-state index is 12.2. The average molecular weight is 469 g/mol. The van der Waals surface area contributed by atoms with Crippen LogP contribution in [0.25, 0.3) is 11.1 Å². The van der Waals surface area contributed by atoms with Gasteiger partial charge in [0.05, 0.1) is 25.7 Å². The minimum atomic E-state index is -1.13. The Kier molecular flexibility index (Phi) is 7.44. The summed E-state index contributed by atoms with van der Waals surface area (Å²) in [4.78, 5) is 36.7. The van der Waals surface area contributed by atoms with Crippen LogP contribution in [-0.4, -0.2) is 78.1 Å². The summed E-state index contributed by atoms with van der Waals surface area (Å²) >= 11 is 0. The first-order valence-electron chi connectivity index (χ1n) is 11.3. The number of ether oxygens (including phenoxy) is 2. The molecule has 0 bridgehead atoms. The summed E-state index contributed by atoms with van der Waals surface area (Å²) in [6, 6.07) is 15.2. The molecule has 34 heavy (non-hydrogen) atoms. The highest BCUT2D eigenvalue weighted by molar-refractivity contribution is 5.84. The largest absolute Gasteiger partial charge is 0.480 e. The molecule has 2 aromatic rings. The molecule has 2 aliphatic rings. The number of hydrogen-bond acceptors (Lipinski definition) is 6. The predicted molar refractivity (Wildman–Crippen MR) is 122 cm³/mol. The molecule has 9 heteroatoms. The van der Waals surface area contributed by atoms with Crippen molar-refractivity contribution in [2.75, 3.05) is 32.9 Å². The van der Waals surface area contributed by atoms with Crippen molar-refractivity contribution >= 4 is 18.0 Å². The minimum absolute atomic E-state index is 0.00143.